The topological polar surface area (TPSA) is 45.5 Å². The standard InChI is InChI=1S/C6H4ClFN2O/c7-6-4(2-10-11)1-9-3-5(6)8/h1-3,11H. The molecule has 0 unspecified atom stereocenters. The molecule has 0 aliphatic rings. The predicted octanol–water partition coefficient (Wildman–Crippen LogP) is 1.68. The molecule has 0 aromatic carbocycles. The van der Waals surface area contributed by atoms with E-state index in [0.717, 1.165) is 12.4 Å². The highest BCUT2D eigenvalue weighted by Gasteiger charge is 2.03. The lowest BCUT2D eigenvalue weighted by atomic mass is 10.3. The molecule has 0 aliphatic carbocycles. The predicted molar refractivity (Wildman–Crippen MR) is 38.6 cm³/mol. The van der Waals surface area contributed by atoms with Gasteiger partial charge in [0.05, 0.1) is 17.4 Å². The van der Waals surface area contributed by atoms with Gasteiger partial charge in [-0.2, -0.15) is 0 Å². The normalized spacial score (nSPS) is 10.7. The summed E-state index contributed by atoms with van der Waals surface area (Å²) < 4.78 is 12.6. The zero-order valence-electron chi connectivity index (χ0n) is 5.33. The summed E-state index contributed by atoms with van der Waals surface area (Å²) in [6, 6.07) is 0. The molecule has 11 heavy (non-hydrogen) atoms. The van der Waals surface area contributed by atoms with Crippen LogP contribution in [0.15, 0.2) is 17.5 Å². The van der Waals surface area contributed by atoms with Crippen molar-refractivity contribution < 1.29 is 9.60 Å². The maximum absolute atomic E-state index is 12.6. The van der Waals surface area contributed by atoms with Crippen LogP contribution in [0.5, 0.6) is 0 Å². The Labute approximate surface area is 67.1 Å². The lowest BCUT2D eigenvalue weighted by Crippen LogP contribution is -1.88. The number of oxime groups is 1. The van der Waals surface area contributed by atoms with Gasteiger partial charge in [-0.25, -0.2) is 4.39 Å². The van der Waals surface area contributed by atoms with Crippen LogP contribution < -0.4 is 0 Å². The molecule has 0 saturated carbocycles. The Morgan fingerprint density at radius 1 is 1.64 bits per heavy atom. The van der Waals surface area contributed by atoms with Crippen LogP contribution in [0.4, 0.5) is 4.39 Å². The van der Waals surface area contributed by atoms with Crippen LogP contribution in [-0.2, 0) is 0 Å². The second-order valence-corrected chi connectivity index (χ2v) is 2.15. The first kappa shape index (κ1) is 7.94. The minimum atomic E-state index is -0.635. The van der Waals surface area contributed by atoms with Crippen LogP contribution in [-0.4, -0.2) is 16.4 Å². The van der Waals surface area contributed by atoms with E-state index >= 15 is 0 Å². The Hall–Kier alpha value is -1.16. The summed E-state index contributed by atoms with van der Waals surface area (Å²) in [5.74, 6) is -0.635. The zero-order valence-corrected chi connectivity index (χ0v) is 6.09. The fourth-order valence-electron chi connectivity index (χ4n) is 0.586. The van der Waals surface area contributed by atoms with Crippen molar-refractivity contribution in [3.63, 3.8) is 0 Å². The van der Waals surface area contributed by atoms with Gasteiger partial charge in [0.2, 0.25) is 0 Å². The smallest absolute Gasteiger partial charge is 0.160 e. The van der Waals surface area contributed by atoms with Crippen molar-refractivity contribution in [2.24, 2.45) is 5.16 Å². The summed E-state index contributed by atoms with van der Waals surface area (Å²) in [5, 5.41) is 10.7. The zero-order chi connectivity index (χ0) is 8.27. The third-order valence-electron chi connectivity index (χ3n) is 1.06. The van der Waals surface area contributed by atoms with Gasteiger partial charge in [0.15, 0.2) is 5.82 Å². The van der Waals surface area contributed by atoms with Crippen LogP contribution in [0.25, 0.3) is 0 Å². The van der Waals surface area contributed by atoms with E-state index in [9.17, 15) is 4.39 Å². The summed E-state index contributed by atoms with van der Waals surface area (Å²) in [6.07, 6.45) is 3.29. The molecule has 1 rings (SSSR count). The number of halogens is 2. The van der Waals surface area contributed by atoms with Crippen LogP contribution >= 0.6 is 11.6 Å². The second-order valence-electron chi connectivity index (χ2n) is 1.77. The van der Waals surface area contributed by atoms with Gasteiger partial charge in [0.25, 0.3) is 0 Å². The molecule has 58 valence electrons. The van der Waals surface area contributed by atoms with Crippen molar-refractivity contribution in [3.8, 4) is 0 Å². The maximum Gasteiger partial charge on any atom is 0.160 e. The molecule has 3 nitrogen and oxygen atoms in total. The quantitative estimate of drug-likeness (QED) is 0.400. The number of aromatic nitrogens is 1. The summed E-state index contributed by atoms with van der Waals surface area (Å²) in [6.45, 7) is 0. The molecule has 0 amide bonds. The van der Waals surface area contributed by atoms with Crippen LogP contribution in [0.1, 0.15) is 5.56 Å². The molecule has 0 bridgehead atoms. The summed E-state index contributed by atoms with van der Waals surface area (Å²) in [5.41, 5.74) is 0.245. The van der Waals surface area contributed by atoms with E-state index in [1.807, 2.05) is 0 Å². The molecule has 0 atom stereocenters. The lowest BCUT2D eigenvalue weighted by Gasteiger charge is -1.95. The first-order valence-corrected chi connectivity index (χ1v) is 3.10. The minimum absolute atomic E-state index is 0.0993. The highest BCUT2D eigenvalue weighted by molar-refractivity contribution is 6.33. The van der Waals surface area contributed by atoms with Gasteiger partial charge in [0.1, 0.15) is 0 Å². The molecule has 1 aromatic rings. The third-order valence-corrected chi connectivity index (χ3v) is 1.46. The molecule has 0 saturated heterocycles. The van der Waals surface area contributed by atoms with Gasteiger partial charge in [-0.1, -0.05) is 16.8 Å². The average molecular weight is 175 g/mol. The van der Waals surface area contributed by atoms with E-state index in [2.05, 4.69) is 10.1 Å². The van der Waals surface area contributed by atoms with Crippen molar-refractivity contribution in [1.29, 1.82) is 0 Å². The molecule has 0 spiro atoms. The van der Waals surface area contributed by atoms with Crippen molar-refractivity contribution in [3.05, 3.63) is 28.8 Å². The summed E-state index contributed by atoms with van der Waals surface area (Å²) in [4.78, 5) is 3.50. The fraction of sp³-hybridized carbons (Fsp3) is 0. The van der Waals surface area contributed by atoms with Gasteiger partial charge in [-0.05, 0) is 0 Å². The van der Waals surface area contributed by atoms with E-state index in [1.54, 1.807) is 0 Å². The molecular formula is C6H4ClFN2O. The monoisotopic (exact) mass is 174 g/mol. The Balaban J connectivity index is 3.16. The molecule has 0 fully saturated rings. The van der Waals surface area contributed by atoms with Gasteiger partial charge in [-0.3, -0.25) is 4.98 Å². The SMILES string of the molecule is ON=Cc1cncc(F)c1Cl. The largest absolute Gasteiger partial charge is 0.411 e. The first-order valence-electron chi connectivity index (χ1n) is 2.72. The maximum atomic E-state index is 12.6. The lowest BCUT2D eigenvalue weighted by molar-refractivity contribution is 0.322. The van der Waals surface area contributed by atoms with Crippen LogP contribution in [0.2, 0.25) is 5.02 Å². The van der Waals surface area contributed by atoms with Crippen molar-refractivity contribution in [2.75, 3.05) is 0 Å². The molecule has 1 N–H and O–H groups in total. The van der Waals surface area contributed by atoms with E-state index in [-0.39, 0.29) is 10.6 Å². The highest BCUT2D eigenvalue weighted by atomic mass is 35.5. The molecule has 1 aromatic heterocycles. The van der Waals surface area contributed by atoms with Crippen LogP contribution in [0.3, 0.4) is 0 Å². The molecule has 5 heteroatoms. The second kappa shape index (κ2) is 3.30. The fourth-order valence-corrected chi connectivity index (χ4v) is 0.733. The van der Waals surface area contributed by atoms with E-state index < -0.39 is 5.82 Å². The molecule has 0 aliphatic heterocycles. The number of pyridine rings is 1. The first-order chi connectivity index (χ1) is 5.25. The Morgan fingerprint density at radius 2 is 2.36 bits per heavy atom. The highest BCUT2D eigenvalue weighted by Crippen LogP contribution is 2.15. The van der Waals surface area contributed by atoms with Crippen molar-refractivity contribution in [2.45, 2.75) is 0 Å². The van der Waals surface area contributed by atoms with E-state index in [1.165, 1.54) is 6.20 Å². The summed E-state index contributed by atoms with van der Waals surface area (Å²) >= 11 is 5.45. The minimum Gasteiger partial charge on any atom is -0.411 e. The van der Waals surface area contributed by atoms with Crippen molar-refractivity contribution >= 4 is 17.8 Å². The number of nitrogens with zero attached hydrogens (tertiary/aromatic N) is 2. The van der Waals surface area contributed by atoms with Crippen molar-refractivity contribution in [1.82, 2.24) is 4.98 Å². The van der Waals surface area contributed by atoms with Gasteiger partial charge < -0.3 is 5.21 Å². The average Bonchev–Trinajstić information content (AvgIpc) is 1.99. The number of hydrogen-bond donors (Lipinski definition) is 1. The number of hydrogen-bond acceptors (Lipinski definition) is 3. The van der Waals surface area contributed by atoms with Crippen LogP contribution in [0, 0.1) is 5.82 Å². The third kappa shape index (κ3) is 1.65. The summed E-state index contributed by atoms with van der Waals surface area (Å²) in [7, 11) is 0. The van der Waals surface area contributed by atoms with E-state index in [4.69, 9.17) is 16.8 Å². The molecular weight excluding hydrogens is 171 g/mol. The Bertz CT molecular complexity index is 290. The number of rotatable bonds is 1. The van der Waals surface area contributed by atoms with Gasteiger partial charge >= 0.3 is 0 Å². The Morgan fingerprint density at radius 3 is 3.00 bits per heavy atom. The van der Waals surface area contributed by atoms with Gasteiger partial charge in [0, 0.05) is 11.8 Å². The van der Waals surface area contributed by atoms with Gasteiger partial charge in [-0.15, -0.1) is 0 Å². The molecule has 0 radical (unpaired) electrons. The Kier molecular flexibility index (Phi) is 2.38. The molecule has 1 heterocycles. The van der Waals surface area contributed by atoms with E-state index in [0.29, 0.717) is 0 Å².